The molecule has 23 heavy (non-hydrogen) atoms. The molecule has 1 amide bonds. The van der Waals surface area contributed by atoms with Crippen molar-refractivity contribution in [2.45, 2.75) is 59.1 Å². The first-order chi connectivity index (χ1) is 10.8. The van der Waals surface area contributed by atoms with Crippen LogP contribution in [0.15, 0.2) is 4.99 Å². The average molecular weight is 347 g/mol. The fourth-order valence-electron chi connectivity index (χ4n) is 1.85. The molecule has 136 valence electrons. The highest BCUT2D eigenvalue weighted by Crippen LogP contribution is 2.07. The number of carbonyl (C=O) groups is 1. The predicted octanol–water partition coefficient (Wildman–Crippen LogP) is 2.60. The van der Waals surface area contributed by atoms with Crippen LogP contribution in [0.5, 0.6) is 0 Å². The van der Waals surface area contributed by atoms with E-state index in [0.717, 1.165) is 37.6 Å². The van der Waals surface area contributed by atoms with Crippen LogP contribution in [0.2, 0.25) is 0 Å². The van der Waals surface area contributed by atoms with Gasteiger partial charge in [0.15, 0.2) is 5.96 Å². The standard InChI is InChI=1S/C16H34N4O2S/c1-7-9-13(20-15(21)22-16(3,4)5)12-19-14(17-8-2)18-10-11-23-6/h13H,7-12H2,1-6H3,(H,20,21)(H2,17,18,19). The molecule has 0 radical (unpaired) electrons. The second-order valence-electron chi connectivity index (χ2n) is 6.27. The minimum absolute atomic E-state index is 0.0224. The quantitative estimate of drug-likeness (QED) is 0.340. The van der Waals surface area contributed by atoms with Gasteiger partial charge in [-0.3, -0.25) is 4.99 Å². The van der Waals surface area contributed by atoms with Crippen LogP contribution < -0.4 is 16.0 Å². The van der Waals surface area contributed by atoms with E-state index < -0.39 is 5.60 Å². The Bertz CT molecular complexity index is 356. The maximum Gasteiger partial charge on any atom is 0.407 e. The summed E-state index contributed by atoms with van der Waals surface area (Å²) in [6.07, 6.45) is 3.54. The predicted molar refractivity (Wildman–Crippen MR) is 100 cm³/mol. The first-order valence-electron chi connectivity index (χ1n) is 8.33. The minimum Gasteiger partial charge on any atom is -0.444 e. The van der Waals surface area contributed by atoms with E-state index >= 15 is 0 Å². The Kier molecular flexibility index (Phi) is 11.7. The van der Waals surface area contributed by atoms with Crippen molar-refractivity contribution in [3.05, 3.63) is 0 Å². The van der Waals surface area contributed by atoms with Crippen molar-refractivity contribution in [2.24, 2.45) is 4.99 Å². The number of amides is 1. The number of guanidine groups is 1. The molecule has 1 atom stereocenters. The molecule has 0 saturated carbocycles. The van der Waals surface area contributed by atoms with E-state index in [1.165, 1.54) is 0 Å². The minimum atomic E-state index is -0.488. The van der Waals surface area contributed by atoms with Crippen molar-refractivity contribution in [3.63, 3.8) is 0 Å². The van der Waals surface area contributed by atoms with E-state index in [2.05, 4.69) is 34.1 Å². The number of ether oxygens (including phenoxy) is 1. The van der Waals surface area contributed by atoms with Gasteiger partial charge in [-0.25, -0.2) is 4.79 Å². The van der Waals surface area contributed by atoms with Crippen LogP contribution in [0, 0.1) is 0 Å². The molecular formula is C16H34N4O2S. The summed E-state index contributed by atoms with van der Waals surface area (Å²) in [6, 6.07) is -0.0224. The van der Waals surface area contributed by atoms with E-state index in [9.17, 15) is 4.79 Å². The molecule has 0 rings (SSSR count). The lowest BCUT2D eigenvalue weighted by molar-refractivity contribution is 0.0503. The number of rotatable bonds is 9. The van der Waals surface area contributed by atoms with Crippen molar-refractivity contribution in [1.29, 1.82) is 0 Å². The summed E-state index contributed by atoms with van der Waals surface area (Å²) < 4.78 is 5.32. The summed E-state index contributed by atoms with van der Waals surface area (Å²) in [7, 11) is 0. The highest BCUT2D eigenvalue weighted by Gasteiger charge is 2.19. The van der Waals surface area contributed by atoms with Crippen LogP contribution in [0.3, 0.4) is 0 Å². The van der Waals surface area contributed by atoms with Gasteiger partial charge in [0.1, 0.15) is 5.60 Å². The normalized spacial score (nSPS) is 13.4. The maximum atomic E-state index is 11.9. The molecule has 0 aromatic carbocycles. The highest BCUT2D eigenvalue weighted by atomic mass is 32.2. The smallest absolute Gasteiger partial charge is 0.407 e. The SMILES string of the molecule is CCCC(CN=C(NCC)NCCSC)NC(=O)OC(C)(C)C. The Labute approximate surface area is 145 Å². The van der Waals surface area contributed by atoms with E-state index in [1.807, 2.05) is 27.7 Å². The molecule has 0 aromatic heterocycles. The Hall–Kier alpha value is -1.11. The summed E-state index contributed by atoms with van der Waals surface area (Å²) >= 11 is 1.79. The molecule has 0 bridgehead atoms. The molecule has 6 nitrogen and oxygen atoms in total. The van der Waals surface area contributed by atoms with Gasteiger partial charge in [0.2, 0.25) is 0 Å². The molecule has 1 unspecified atom stereocenters. The van der Waals surface area contributed by atoms with Gasteiger partial charge < -0.3 is 20.7 Å². The van der Waals surface area contributed by atoms with Crippen LogP contribution >= 0.6 is 11.8 Å². The molecule has 0 saturated heterocycles. The largest absolute Gasteiger partial charge is 0.444 e. The topological polar surface area (TPSA) is 74.8 Å². The summed E-state index contributed by atoms with van der Waals surface area (Å²) in [4.78, 5) is 16.5. The third-order valence-electron chi connectivity index (χ3n) is 2.77. The number of carbonyl (C=O) groups excluding carboxylic acids is 1. The van der Waals surface area contributed by atoms with Gasteiger partial charge in [-0.15, -0.1) is 0 Å². The zero-order chi connectivity index (χ0) is 17.7. The molecule has 0 aliphatic carbocycles. The molecule has 7 heteroatoms. The van der Waals surface area contributed by atoms with Crippen molar-refractivity contribution in [1.82, 2.24) is 16.0 Å². The van der Waals surface area contributed by atoms with Gasteiger partial charge in [-0.2, -0.15) is 11.8 Å². The molecule has 0 fully saturated rings. The van der Waals surface area contributed by atoms with Gasteiger partial charge in [-0.05, 0) is 40.4 Å². The van der Waals surface area contributed by atoms with Gasteiger partial charge in [0, 0.05) is 18.8 Å². The number of hydrogen-bond acceptors (Lipinski definition) is 4. The number of nitrogens with zero attached hydrogens (tertiary/aromatic N) is 1. The average Bonchev–Trinajstić information content (AvgIpc) is 2.42. The molecular weight excluding hydrogens is 312 g/mol. The fourth-order valence-corrected chi connectivity index (χ4v) is 2.15. The fraction of sp³-hybridized carbons (Fsp3) is 0.875. The lowest BCUT2D eigenvalue weighted by atomic mass is 10.1. The van der Waals surface area contributed by atoms with E-state index in [-0.39, 0.29) is 12.1 Å². The summed E-state index contributed by atoms with van der Waals surface area (Å²) in [5.41, 5.74) is -0.488. The third-order valence-corrected chi connectivity index (χ3v) is 3.38. The van der Waals surface area contributed by atoms with E-state index in [4.69, 9.17) is 4.74 Å². The third kappa shape index (κ3) is 13.1. The molecule has 0 spiro atoms. The van der Waals surface area contributed by atoms with Crippen LogP contribution in [0.1, 0.15) is 47.5 Å². The Morgan fingerprint density at radius 3 is 2.48 bits per heavy atom. The second-order valence-corrected chi connectivity index (χ2v) is 7.26. The number of thioether (sulfide) groups is 1. The number of hydrogen-bond donors (Lipinski definition) is 3. The Balaban J connectivity index is 4.56. The number of alkyl carbamates (subject to hydrolysis) is 1. The monoisotopic (exact) mass is 346 g/mol. The molecule has 0 aliphatic heterocycles. The molecule has 0 aromatic rings. The van der Waals surface area contributed by atoms with Crippen LogP contribution in [0.4, 0.5) is 4.79 Å². The zero-order valence-electron chi connectivity index (χ0n) is 15.5. The first-order valence-corrected chi connectivity index (χ1v) is 9.72. The van der Waals surface area contributed by atoms with Gasteiger partial charge in [0.05, 0.1) is 12.6 Å². The van der Waals surface area contributed by atoms with Crippen molar-refractivity contribution >= 4 is 23.8 Å². The Morgan fingerprint density at radius 1 is 1.26 bits per heavy atom. The zero-order valence-corrected chi connectivity index (χ0v) is 16.3. The van der Waals surface area contributed by atoms with Gasteiger partial charge in [0.25, 0.3) is 0 Å². The molecule has 0 aliphatic rings. The molecule has 0 heterocycles. The summed E-state index contributed by atoms with van der Waals surface area (Å²) in [6.45, 7) is 11.9. The summed E-state index contributed by atoms with van der Waals surface area (Å²) in [5, 5.41) is 9.41. The highest BCUT2D eigenvalue weighted by molar-refractivity contribution is 7.98. The Morgan fingerprint density at radius 2 is 1.96 bits per heavy atom. The number of nitrogens with one attached hydrogen (secondary N) is 3. The lowest BCUT2D eigenvalue weighted by Crippen LogP contribution is -2.43. The number of aliphatic imine (C=N–C) groups is 1. The van der Waals surface area contributed by atoms with Crippen LogP contribution in [-0.2, 0) is 4.74 Å². The first kappa shape index (κ1) is 21.9. The van der Waals surface area contributed by atoms with E-state index in [1.54, 1.807) is 11.8 Å². The van der Waals surface area contributed by atoms with Crippen LogP contribution in [-0.4, -0.2) is 55.3 Å². The van der Waals surface area contributed by atoms with Gasteiger partial charge >= 0.3 is 6.09 Å². The summed E-state index contributed by atoms with van der Waals surface area (Å²) in [5.74, 6) is 1.81. The van der Waals surface area contributed by atoms with Crippen molar-refractivity contribution in [3.8, 4) is 0 Å². The maximum absolute atomic E-state index is 11.9. The van der Waals surface area contributed by atoms with Crippen LogP contribution in [0.25, 0.3) is 0 Å². The van der Waals surface area contributed by atoms with E-state index in [0.29, 0.717) is 6.54 Å². The van der Waals surface area contributed by atoms with Gasteiger partial charge in [-0.1, -0.05) is 13.3 Å². The lowest BCUT2D eigenvalue weighted by Gasteiger charge is -2.23. The van der Waals surface area contributed by atoms with Crippen molar-refractivity contribution in [2.75, 3.05) is 31.6 Å². The second kappa shape index (κ2) is 12.3. The molecule has 3 N–H and O–H groups in total. The van der Waals surface area contributed by atoms with Crippen molar-refractivity contribution < 1.29 is 9.53 Å².